The molecule has 15 heavy (non-hydrogen) atoms. The van der Waals surface area contributed by atoms with Gasteiger partial charge in [-0.3, -0.25) is 4.98 Å². The Balaban J connectivity index is 2.15. The summed E-state index contributed by atoms with van der Waals surface area (Å²) in [6, 6.07) is 14.3. The number of hydrogen-bond acceptors (Lipinski definition) is 1. The number of benzene rings is 1. The van der Waals surface area contributed by atoms with Crippen molar-refractivity contribution >= 4 is 12.2 Å². The maximum atomic E-state index is 4.22. The lowest BCUT2D eigenvalue weighted by Crippen LogP contribution is -1.77. The Kier molecular flexibility index (Phi) is 2.93. The Labute approximate surface area is 90.1 Å². The van der Waals surface area contributed by atoms with Crippen molar-refractivity contribution in [2.24, 2.45) is 0 Å². The van der Waals surface area contributed by atoms with E-state index in [0.29, 0.717) is 0 Å². The smallest absolute Gasteiger partial charge is 0.0629 e. The summed E-state index contributed by atoms with van der Waals surface area (Å²) in [6.45, 7) is 2.09. The first-order valence-corrected chi connectivity index (χ1v) is 5.00. The van der Waals surface area contributed by atoms with Gasteiger partial charge in [0.25, 0.3) is 0 Å². The van der Waals surface area contributed by atoms with Crippen molar-refractivity contribution in [3.63, 3.8) is 0 Å². The molecule has 1 aromatic carbocycles. The van der Waals surface area contributed by atoms with E-state index in [4.69, 9.17) is 0 Å². The first-order chi connectivity index (χ1) is 7.34. The van der Waals surface area contributed by atoms with Gasteiger partial charge < -0.3 is 0 Å². The molecule has 0 bridgehead atoms. The van der Waals surface area contributed by atoms with Crippen molar-refractivity contribution < 1.29 is 0 Å². The van der Waals surface area contributed by atoms with E-state index in [9.17, 15) is 0 Å². The van der Waals surface area contributed by atoms with Gasteiger partial charge in [-0.1, -0.05) is 42.0 Å². The van der Waals surface area contributed by atoms with Crippen LogP contribution in [-0.2, 0) is 0 Å². The SMILES string of the molecule is Cc1ccc(/C=C\c2ccccn2)cc1. The molecule has 1 heterocycles. The highest BCUT2D eigenvalue weighted by Crippen LogP contribution is 2.07. The maximum absolute atomic E-state index is 4.22. The van der Waals surface area contributed by atoms with Crippen LogP contribution in [-0.4, -0.2) is 4.98 Å². The van der Waals surface area contributed by atoms with Crippen LogP contribution in [0.4, 0.5) is 0 Å². The molecule has 0 unspecified atom stereocenters. The topological polar surface area (TPSA) is 12.9 Å². The minimum absolute atomic E-state index is 0.984. The molecular formula is C14H13N. The second kappa shape index (κ2) is 4.56. The Morgan fingerprint density at radius 1 is 0.933 bits per heavy atom. The molecule has 1 nitrogen and oxygen atoms in total. The van der Waals surface area contributed by atoms with Crippen molar-refractivity contribution in [2.75, 3.05) is 0 Å². The quantitative estimate of drug-likeness (QED) is 0.714. The zero-order valence-electron chi connectivity index (χ0n) is 8.72. The van der Waals surface area contributed by atoms with Gasteiger partial charge in [0.1, 0.15) is 0 Å². The number of hydrogen-bond donors (Lipinski definition) is 0. The molecule has 74 valence electrons. The van der Waals surface area contributed by atoms with Crippen LogP contribution in [0.5, 0.6) is 0 Å². The van der Waals surface area contributed by atoms with Gasteiger partial charge in [0.05, 0.1) is 5.69 Å². The van der Waals surface area contributed by atoms with Crippen molar-refractivity contribution in [1.82, 2.24) is 4.98 Å². The monoisotopic (exact) mass is 195 g/mol. The molecule has 0 fully saturated rings. The fourth-order valence-electron chi connectivity index (χ4n) is 1.33. The first kappa shape index (κ1) is 9.66. The highest BCUT2D eigenvalue weighted by molar-refractivity contribution is 5.67. The third-order valence-electron chi connectivity index (χ3n) is 2.21. The van der Waals surface area contributed by atoms with Crippen LogP contribution in [0.25, 0.3) is 12.2 Å². The third-order valence-corrected chi connectivity index (χ3v) is 2.21. The van der Waals surface area contributed by atoms with E-state index >= 15 is 0 Å². The van der Waals surface area contributed by atoms with Gasteiger partial charge in [-0.2, -0.15) is 0 Å². The van der Waals surface area contributed by atoms with Crippen molar-refractivity contribution in [3.05, 3.63) is 65.5 Å². The fourth-order valence-corrected chi connectivity index (χ4v) is 1.33. The summed E-state index contributed by atoms with van der Waals surface area (Å²) in [4.78, 5) is 4.22. The number of nitrogens with zero attached hydrogens (tertiary/aromatic N) is 1. The van der Waals surface area contributed by atoms with Crippen LogP contribution in [0.2, 0.25) is 0 Å². The molecular weight excluding hydrogens is 182 g/mol. The number of aromatic nitrogens is 1. The summed E-state index contributed by atoms with van der Waals surface area (Å²) < 4.78 is 0. The summed E-state index contributed by atoms with van der Waals surface area (Å²) in [7, 11) is 0. The zero-order valence-corrected chi connectivity index (χ0v) is 8.72. The van der Waals surface area contributed by atoms with Gasteiger partial charge >= 0.3 is 0 Å². The summed E-state index contributed by atoms with van der Waals surface area (Å²) >= 11 is 0. The normalized spacial score (nSPS) is 10.7. The third kappa shape index (κ3) is 2.78. The average Bonchev–Trinajstić information content (AvgIpc) is 2.30. The zero-order chi connectivity index (χ0) is 10.5. The molecule has 0 saturated carbocycles. The summed E-state index contributed by atoms with van der Waals surface area (Å²) in [5, 5.41) is 0. The average molecular weight is 195 g/mol. The van der Waals surface area contributed by atoms with Gasteiger partial charge in [0.15, 0.2) is 0 Å². The predicted molar refractivity (Wildman–Crippen MR) is 64.3 cm³/mol. The predicted octanol–water partition coefficient (Wildman–Crippen LogP) is 3.56. The molecule has 0 spiro atoms. The van der Waals surface area contributed by atoms with Gasteiger partial charge in [-0.25, -0.2) is 0 Å². The van der Waals surface area contributed by atoms with Crippen LogP contribution in [0.1, 0.15) is 16.8 Å². The molecule has 2 aromatic rings. The van der Waals surface area contributed by atoms with Crippen molar-refractivity contribution in [1.29, 1.82) is 0 Å². The van der Waals surface area contributed by atoms with Gasteiger partial charge in [-0.15, -0.1) is 0 Å². The van der Waals surface area contributed by atoms with Crippen molar-refractivity contribution in [3.8, 4) is 0 Å². The van der Waals surface area contributed by atoms with E-state index in [0.717, 1.165) is 5.69 Å². The fraction of sp³-hybridized carbons (Fsp3) is 0.0714. The number of aryl methyl sites for hydroxylation is 1. The van der Waals surface area contributed by atoms with E-state index in [-0.39, 0.29) is 0 Å². The number of pyridine rings is 1. The molecule has 1 heteroatoms. The molecule has 0 aliphatic heterocycles. The summed E-state index contributed by atoms with van der Waals surface area (Å²) in [5.41, 5.74) is 3.47. The van der Waals surface area contributed by atoms with Crippen LogP contribution >= 0.6 is 0 Å². The lowest BCUT2D eigenvalue weighted by Gasteiger charge is -1.94. The molecule has 0 N–H and O–H groups in total. The Hall–Kier alpha value is -1.89. The minimum Gasteiger partial charge on any atom is -0.257 e. The van der Waals surface area contributed by atoms with Crippen LogP contribution in [0.3, 0.4) is 0 Å². The van der Waals surface area contributed by atoms with Crippen LogP contribution < -0.4 is 0 Å². The molecule has 0 aliphatic rings. The molecule has 1 aromatic heterocycles. The van der Waals surface area contributed by atoms with E-state index in [1.165, 1.54) is 11.1 Å². The Morgan fingerprint density at radius 2 is 1.73 bits per heavy atom. The van der Waals surface area contributed by atoms with Crippen molar-refractivity contribution in [2.45, 2.75) is 6.92 Å². The standard InChI is InChI=1S/C14H13N/c1-12-5-7-13(8-6-12)9-10-14-4-2-3-11-15-14/h2-11H,1H3/b10-9-. The molecule has 0 amide bonds. The highest BCUT2D eigenvalue weighted by Gasteiger charge is 1.87. The second-order valence-corrected chi connectivity index (χ2v) is 3.50. The Morgan fingerprint density at radius 3 is 2.40 bits per heavy atom. The molecule has 0 radical (unpaired) electrons. The number of rotatable bonds is 2. The van der Waals surface area contributed by atoms with Gasteiger partial charge in [0.2, 0.25) is 0 Å². The summed E-state index contributed by atoms with van der Waals surface area (Å²) in [6.07, 6.45) is 5.89. The second-order valence-electron chi connectivity index (χ2n) is 3.50. The first-order valence-electron chi connectivity index (χ1n) is 5.00. The van der Waals surface area contributed by atoms with E-state index in [1.54, 1.807) is 6.20 Å². The summed E-state index contributed by atoms with van der Waals surface area (Å²) in [5.74, 6) is 0. The van der Waals surface area contributed by atoms with Crippen LogP contribution in [0.15, 0.2) is 48.7 Å². The minimum atomic E-state index is 0.984. The molecule has 0 saturated heterocycles. The van der Waals surface area contributed by atoms with Crippen LogP contribution in [0, 0.1) is 6.92 Å². The Bertz CT molecular complexity index is 441. The van der Waals surface area contributed by atoms with E-state index in [1.807, 2.05) is 24.3 Å². The lowest BCUT2D eigenvalue weighted by molar-refractivity contribution is 1.30. The van der Waals surface area contributed by atoms with E-state index < -0.39 is 0 Å². The van der Waals surface area contributed by atoms with E-state index in [2.05, 4.69) is 42.2 Å². The largest absolute Gasteiger partial charge is 0.257 e. The highest BCUT2D eigenvalue weighted by atomic mass is 14.6. The maximum Gasteiger partial charge on any atom is 0.0629 e. The lowest BCUT2D eigenvalue weighted by atomic mass is 10.1. The molecule has 0 aliphatic carbocycles. The molecule has 0 atom stereocenters. The van der Waals surface area contributed by atoms with Gasteiger partial charge in [0, 0.05) is 6.20 Å². The molecule has 2 rings (SSSR count). The van der Waals surface area contributed by atoms with Gasteiger partial charge in [-0.05, 0) is 30.7 Å².